The molecule has 96 valence electrons. The lowest BCUT2D eigenvalue weighted by Gasteiger charge is -2.11. The highest BCUT2D eigenvalue weighted by atomic mass is 32.3. The second-order valence-corrected chi connectivity index (χ2v) is 7.56. The van der Waals surface area contributed by atoms with Gasteiger partial charge in [-0.25, -0.2) is 13.1 Å². The zero-order valence-electron chi connectivity index (χ0n) is 9.07. The van der Waals surface area contributed by atoms with Gasteiger partial charge in [-0.15, -0.1) is 0 Å². The molecule has 1 aromatic carbocycles. The van der Waals surface area contributed by atoms with E-state index in [0.717, 1.165) is 6.92 Å². The zero-order chi connectivity index (χ0) is 13.1. The predicted octanol–water partition coefficient (Wildman–Crippen LogP) is 0.340. The summed E-state index contributed by atoms with van der Waals surface area (Å²) in [5.74, 6) is 0. The van der Waals surface area contributed by atoms with E-state index < -0.39 is 24.7 Å². The molecule has 0 amide bonds. The molecule has 0 saturated carbocycles. The van der Waals surface area contributed by atoms with Crippen LogP contribution in [0.5, 0.6) is 0 Å². The van der Waals surface area contributed by atoms with Crippen LogP contribution in [-0.4, -0.2) is 26.0 Å². The first-order chi connectivity index (χ1) is 7.73. The molecule has 0 aliphatic carbocycles. The molecule has 0 fully saturated rings. The summed E-state index contributed by atoms with van der Waals surface area (Å²) in [6.45, 7) is 0.881. The first-order valence-electron chi connectivity index (χ1n) is 4.72. The third-order valence-electron chi connectivity index (χ3n) is 2.18. The van der Waals surface area contributed by atoms with Gasteiger partial charge < -0.3 is 0 Å². The molecule has 0 aliphatic rings. The second-order valence-electron chi connectivity index (χ2n) is 3.43. The number of sulfonamides is 1. The fourth-order valence-electron chi connectivity index (χ4n) is 1.06. The molecule has 0 aromatic heterocycles. The standard InChI is InChI=1S/C9H13NO5S2/c1-8(17(13,14)15)16(11,12)10-7-9-5-3-2-4-6-9/h2-6,8,10H,7H2,1H3,(H,13,14,15). The number of benzene rings is 1. The van der Waals surface area contributed by atoms with Crippen molar-refractivity contribution in [2.45, 2.75) is 18.1 Å². The quantitative estimate of drug-likeness (QED) is 0.757. The van der Waals surface area contributed by atoms with E-state index in [1.807, 2.05) is 0 Å². The molecule has 0 bridgehead atoms. The maximum atomic E-state index is 11.5. The van der Waals surface area contributed by atoms with Gasteiger partial charge in [0.15, 0.2) is 4.58 Å². The van der Waals surface area contributed by atoms with E-state index >= 15 is 0 Å². The molecule has 1 unspecified atom stereocenters. The molecule has 0 heterocycles. The smallest absolute Gasteiger partial charge is 0.283 e. The first kappa shape index (κ1) is 14.1. The summed E-state index contributed by atoms with van der Waals surface area (Å²) < 4.78 is 53.3. The van der Waals surface area contributed by atoms with Crippen molar-refractivity contribution in [3.05, 3.63) is 35.9 Å². The Kier molecular flexibility index (Phi) is 4.26. The van der Waals surface area contributed by atoms with Crippen molar-refractivity contribution in [2.24, 2.45) is 0 Å². The van der Waals surface area contributed by atoms with Crippen molar-refractivity contribution in [3.63, 3.8) is 0 Å². The molecule has 6 nitrogen and oxygen atoms in total. The van der Waals surface area contributed by atoms with Gasteiger partial charge in [0.25, 0.3) is 10.1 Å². The maximum absolute atomic E-state index is 11.5. The van der Waals surface area contributed by atoms with Gasteiger partial charge in [-0.05, 0) is 12.5 Å². The van der Waals surface area contributed by atoms with E-state index in [0.29, 0.717) is 5.56 Å². The normalized spacial score (nSPS) is 14.5. The fraction of sp³-hybridized carbons (Fsp3) is 0.333. The van der Waals surface area contributed by atoms with E-state index in [1.165, 1.54) is 0 Å². The Bertz CT molecular complexity index is 565. The van der Waals surface area contributed by atoms with Gasteiger partial charge in [0, 0.05) is 6.54 Å². The second kappa shape index (κ2) is 5.13. The van der Waals surface area contributed by atoms with E-state index in [1.54, 1.807) is 30.3 Å². The third-order valence-corrected chi connectivity index (χ3v) is 5.93. The summed E-state index contributed by atoms with van der Waals surface area (Å²) >= 11 is 0. The predicted molar refractivity (Wildman–Crippen MR) is 63.2 cm³/mol. The lowest BCUT2D eigenvalue weighted by Crippen LogP contribution is -2.36. The van der Waals surface area contributed by atoms with Gasteiger partial charge in [0.05, 0.1) is 0 Å². The molecule has 0 spiro atoms. The van der Waals surface area contributed by atoms with E-state index in [4.69, 9.17) is 4.55 Å². The summed E-state index contributed by atoms with van der Waals surface area (Å²) in [5, 5.41) is 0. The van der Waals surface area contributed by atoms with Crippen LogP contribution < -0.4 is 4.72 Å². The average Bonchev–Trinajstić information content (AvgIpc) is 2.26. The molecule has 1 aromatic rings. The Morgan fingerprint density at radius 2 is 1.71 bits per heavy atom. The van der Waals surface area contributed by atoms with Crippen molar-refractivity contribution in [1.82, 2.24) is 4.72 Å². The number of hydrogen-bond acceptors (Lipinski definition) is 4. The summed E-state index contributed by atoms with van der Waals surface area (Å²) in [6, 6.07) is 8.63. The van der Waals surface area contributed by atoms with Crippen LogP contribution in [0, 0.1) is 0 Å². The fourth-order valence-corrected chi connectivity index (χ4v) is 3.14. The molecular weight excluding hydrogens is 266 g/mol. The molecule has 1 atom stereocenters. The van der Waals surface area contributed by atoms with Crippen molar-refractivity contribution in [1.29, 1.82) is 0 Å². The van der Waals surface area contributed by atoms with Gasteiger partial charge in [-0.3, -0.25) is 4.55 Å². The molecular formula is C9H13NO5S2. The molecule has 8 heteroatoms. The molecule has 2 N–H and O–H groups in total. The van der Waals surface area contributed by atoms with Crippen LogP contribution in [0.25, 0.3) is 0 Å². The van der Waals surface area contributed by atoms with Crippen molar-refractivity contribution in [2.75, 3.05) is 0 Å². The summed E-state index contributed by atoms with van der Waals surface area (Å²) in [7, 11) is -8.72. The molecule has 0 radical (unpaired) electrons. The Labute approximate surface area is 100 Å². The molecule has 1 rings (SSSR count). The van der Waals surface area contributed by atoms with Gasteiger partial charge >= 0.3 is 0 Å². The SMILES string of the molecule is CC(S(=O)(=O)O)S(=O)(=O)NCc1ccccc1. The van der Waals surface area contributed by atoms with Crippen LogP contribution in [-0.2, 0) is 26.7 Å². The number of hydrogen-bond donors (Lipinski definition) is 2. The van der Waals surface area contributed by atoms with Gasteiger partial charge in [-0.2, -0.15) is 8.42 Å². The van der Waals surface area contributed by atoms with Crippen LogP contribution in [0.1, 0.15) is 12.5 Å². The number of rotatable bonds is 5. The highest BCUT2D eigenvalue weighted by Gasteiger charge is 2.31. The first-order valence-corrected chi connectivity index (χ1v) is 7.77. The number of nitrogens with one attached hydrogen (secondary N) is 1. The Morgan fingerprint density at radius 1 is 1.18 bits per heavy atom. The average molecular weight is 279 g/mol. The van der Waals surface area contributed by atoms with Crippen LogP contribution in [0.15, 0.2) is 30.3 Å². The van der Waals surface area contributed by atoms with E-state index in [-0.39, 0.29) is 6.54 Å². The summed E-state index contributed by atoms with van der Waals surface area (Å²) in [5.41, 5.74) is 0.693. The molecule has 0 aliphatic heterocycles. The highest BCUT2D eigenvalue weighted by Crippen LogP contribution is 2.07. The Balaban J connectivity index is 2.76. The molecule has 17 heavy (non-hydrogen) atoms. The van der Waals surface area contributed by atoms with Crippen molar-refractivity contribution < 1.29 is 21.4 Å². The minimum Gasteiger partial charge on any atom is -0.285 e. The largest absolute Gasteiger partial charge is 0.285 e. The van der Waals surface area contributed by atoms with Gasteiger partial charge in [0.2, 0.25) is 10.0 Å². The van der Waals surface area contributed by atoms with Crippen LogP contribution in [0.2, 0.25) is 0 Å². The lowest BCUT2D eigenvalue weighted by atomic mass is 10.2. The lowest BCUT2D eigenvalue weighted by molar-refractivity contribution is 0.478. The topological polar surface area (TPSA) is 101 Å². The van der Waals surface area contributed by atoms with Crippen LogP contribution >= 0.6 is 0 Å². The molecule has 0 saturated heterocycles. The summed E-state index contributed by atoms with van der Waals surface area (Å²) in [6.07, 6.45) is 0. The summed E-state index contributed by atoms with van der Waals surface area (Å²) in [4.78, 5) is 0. The van der Waals surface area contributed by atoms with Crippen molar-refractivity contribution in [3.8, 4) is 0 Å². The monoisotopic (exact) mass is 279 g/mol. The van der Waals surface area contributed by atoms with Crippen LogP contribution in [0.3, 0.4) is 0 Å². The van der Waals surface area contributed by atoms with Crippen LogP contribution in [0.4, 0.5) is 0 Å². The van der Waals surface area contributed by atoms with E-state index in [2.05, 4.69) is 4.72 Å². The highest BCUT2D eigenvalue weighted by molar-refractivity contribution is 8.05. The Morgan fingerprint density at radius 3 is 2.18 bits per heavy atom. The minimum absolute atomic E-state index is 0.0248. The van der Waals surface area contributed by atoms with Crippen molar-refractivity contribution >= 4 is 20.1 Å². The minimum atomic E-state index is -4.62. The van der Waals surface area contributed by atoms with Gasteiger partial charge in [-0.1, -0.05) is 30.3 Å². The zero-order valence-corrected chi connectivity index (χ0v) is 10.7. The Hall–Kier alpha value is -0.960. The van der Waals surface area contributed by atoms with Gasteiger partial charge in [0.1, 0.15) is 0 Å². The third kappa shape index (κ3) is 4.08. The maximum Gasteiger partial charge on any atom is 0.283 e. The van der Waals surface area contributed by atoms with E-state index in [9.17, 15) is 16.8 Å².